The van der Waals surface area contributed by atoms with E-state index in [9.17, 15) is 9.59 Å². The van der Waals surface area contributed by atoms with Crippen LogP contribution in [0.25, 0.3) is 5.69 Å². The number of benzene rings is 2. The molecule has 0 bridgehead atoms. The molecule has 1 aliphatic heterocycles. The Bertz CT molecular complexity index is 1950. The van der Waals surface area contributed by atoms with E-state index < -0.39 is 14.3 Å². The Kier molecular flexibility index (Phi) is 11.7. The van der Waals surface area contributed by atoms with Crippen molar-refractivity contribution in [3.8, 4) is 22.9 Å². The van der Waals surface area contributed by atoms with Gasteiger partial charge in [-0.25, -0.2) is 19.3 Å². The maximum absolute atomic E-state index is 13.4. The number of pyridine rings is 1. The predicted molar refractivity (Wildman–Crippen MR) is 216 cm³/mol. The summed E-state index contributed by atoms with van der Waals surface area (Å²) in [5.41, 5.74) is 1.56. The third-order valence-electron chi connectivity index (χ3n) is 9.65. The number of halogens is 2. The minimum atomic E-state index is -2.02. The number of nitrogens with one attached hydrogen (secondary N) is 3. The third-order valence-corrected chi connectivity index (χ3v) is 14.9. The van der Waals surface area contributed by atoms with Gasteiger partial charge in [0.1, 0.15) is 33.9 Å². The number of hydrogen-bond donors (Lipinski definition) is 3. The first-order chi connectivity index (χ1) is 24.7. The lowest BCUT2D eigenvalue weighted by molar-refractivity contribution is 0.216. The molecule has 0 radical (unpaired) electrons. The van der Waals surface area contributed by atoms with Gasteiger partial charge < -0.3 is 24.3 Å². The van der Waals surface area contributed by atoms with E-state index in [0.717, 1.165) is 23.6 Å². The summed E-state index contributed by atoms with van der Waals surface area (Å²) in [4.78, 5) is 34.4. The summed E-state index contributed by atoms with van der Waals surface area (Å²) in [5, 5.41) is 13.6. The first kappa shape index (κ1) is 39.9. The fourth-order valence-electron chi connectivity index (χ4n) is 5.32. The van der Waals surface area contributed by atoms with Crippen LogP contribution in [0.1, 0.15) is 53.7 Å². The molecule has 5 rings (SSSR count). The van der Waals surface area contributed by atoms with Gasteiger partial charge in [-0.3, -0.25) is 10.6 Å². The highest BCUT2D eigenvalue weighted by Crippen LogP contribution is 2.40. The molecular formula is C38H50Cl2N8O4Si. The SMILES string of the molecule is CN(C)[C@@H]1CCN(C(=O)Nc2cc(Oc3ccc(NC(=O)Nc4cc(C(C)(C)C)nn4-c4ccc(O[Si](C)(C)C(C)(C)C)cc4)c(Cl)c3Cl)ccn2)C1. The number of likely N-dealkylation sites (N-methyl/N-ethyl adjacent to an activating group) is 1. The van der Waals surface area contributed by atoms with Crippen molar-refractivity contribution in [1.29, 1.82) is 0 Å². The summed E-state index contributed by atoms with van der Waals surface area (Å²) in [5.74, 6) is 2.25. The van der Waals surface area contributed by atoms with Crippen molar-refractivity contribution in [3.05, 3.63) is 76.5 Å². The van der Waals surface area contributed by atoms with Gasteiger partial charge >= 0.3 is 12.1 Å². The van der Waals surface area contributed by atoms with E-state index in [2.05, 4.69) is 80.5 Å². The first-order valence-electron chi connectivity index (χ1n) is 17.5. The van der Waals surface area contributed by atoms with Crippen LogP contribution in [0.5, 0.6) is 17.2 Å². The minimum absolute atomic E-state index is 0.0634. The van der Waals surface area contributed by atoms with Crippen molar-refractivity contribution < 1.29 is 18.8 Å². The highest BCUT2D eigenvalue weighted by Gasteiger charge is 2.39. The Morgan fingerprint density at radius 1 is 0.906 bits per heavy atom. The quantitative estimate of drug-likeness (QED) is 0.144. The van der Waals surface area contributed by atoms with E-state index in [-0.39, 0.29) is 38.0 Å². The van der Waals surface area contributed by atoms with Crippen LogP contribution < -0.4 is 25.1 Å². The summed E-state index contributed by atoms with van der Waals surface area (Å²) in [6, 6.07) is 15.6. The van der Waals surface area contributed by atoms with Crippen LogP contribution in [0.3, 0.4) is 0 Å². The van der Waals surface area contributed by atoms with Crippen LogP contribution in [-0.4, -0.2) is 78.2 Å². The fourth-order valence-corrected chi connectivity index (χ4v) is 6.76. The maximum atomic E-state index is 13.4. The van der Waals surface area contributed by atoms with Crippen molar-refractivity contribution in [3.63, 3.8) is 0 Å². The molecule has 0 spiro atoms. The summed E-state index contributed by atoms with van der Waals surface area (Å²) in [6.45, 7) is 18.5. The lowest BCUT2D eigenvalue weighted by Crippen LogP contribution is -2.43. The monoisotopic (exact) mass is 780 g/mol. The van der Waals surface area contributed by atoms with Crippen LogP contribution in [0.15, 0.2) is 60.8 Å². The lowest BCUT2D eigenvalue weighted by atomic mass is 9.92. The van der Waals surface area contributed by atoms with E-state index in [1.807, 2.05) is 44.4 Å². The molecule has 1 saturated heterocycles. The minimum Gasteiger partial charge on any atom is -0.544 e. The Morgan fingerprint density at radius 2 is 1.60 bits per heavy atom. The smallest absolute Gasteiger partial charge is 0.324 e. The van der Waals surface area contributed by atoms with Crippen LogP contribution >= 0.6 is 23.2 Å². The molecule has 3 N–H and O–H groups in total. The summed E-state index contributed by atoms with van der Waals surface area (Å²) < 4.78 is 14.2. The van der Waals surface area contributed by atoms with Crippen LogP contribution in [0.4, 0.5) is 26.9 Å². The third kappa shape index (κ3) is 9.63. The molecule has 1 atom stereocenters. The van der Waals surface area contributed by atoms with Crippen molar-refractivity contribution in [1.82, 2.24) is 24.6 Å². The molecule has 0 unspecified atom stereocenters. The summed E-state index contributed by atoms with van der Waals surface area (Å²) in [6.07, 6.45) is 2.44. The Morgan fingerprint density at radius 3 is 2.23 bits per heavy atom. The number of ether oxygens (including phenoxy) is 1. The van der Waals surface area contributed by atoms with Crippen molar-refractivity contribution in [2.45, 2.75) is 77.6 Å². The molecular weight excluding hydrogens is 731 g/mol. The molecule has 4 aromatic rings. The van der Waals surface area contributed by atoms with Gasteiger partial charge in [-0.15, -0.1) is 0 Å². The summed E-state index contributed by atoms with van der Waals surface area (Å²) >= 11 is 13.3. The van der Waals surface area contributed by atoms with Crippen molar-refractivity contribution >= 4 is 60.9 Å². The highest BCUT2D eigenvalue weighted by molar-refractivity contribution is 6.74. The normalized spacial score (nSPS) is 15.0. The Balaban J connectivity index is 1.27. The topological polar surface area (TPSA) is 126 Å². The number of carbonyl (C=O) groups is 2. The molecule has 1 aliphatic rings. The molecule has 15 heteroatoms. The number of rotatable bonds is 9. The fraction of sp³-hybridized carbons (Fsp3) is 0.421. The molecule has 2 aromatic carbocycles. The van der Waals surface area contributed by atoms with Crippen LogP contribution in [0.2, 0.25) is 28.2 Å². The number of likely N-dealkylation sites (tertiary alicyclic amines) is 1. The standard InChI is InChI=1S/C38H50Cl2N8O4Si/c1-37(2,3)30-22-32(48(45-30)24-11-13-26(14-12-24)52-53(9,10)38(4,5)6)44-35(49)42-28-15-16-29(34(40)33(28)39)51-27-17-19-41-31(21-27)43-36(50)47-20-18-25(23-47)46(7)8/h11-17,19,21-22,25H,18,20,23H2,1-10H3,(H,41,43,50)(H2,42,44,49)/t25-/m1/s1. The molecule has 3 heterocycles. The van der Waals surface area contributed by atoms with Gasteiger partial charge in [0.15, 0.2) is 0 Å². The molecule has 0 saturated carbocycles. The van der Waals surface area contributed by atoms with Gasteiger partial charge in [0, 0.05) is 42.9 Å². The summed E-state index contributed by atoms with van der Waals surface area (Å²) in [7, 11) is 2.00. The largest absolute Gasteiger partial charge is 0.544 e. The van der Waals surface area contributed by atoms with E-state index in [1.54, 1.807) is 33.8 Å². The Hall–Kier alpha value is -4.30. The second kappa shape index (κ2) is 15.6. The number of amides is 4. The molecule has 12 nitrogen and oxygen atoms in total. The zero-order chi connectivity index (χ0) is 38.9. The molecule has 0 aliphatic carbocycles. The van der Waals surface area contributed by atoms with E-state index in [1.165, 1.54) is 6.20 Å². The molecule has 2 aromatic heterocycles. The molecule has 1 fully saturated rings. The van der Waals surface area contributed by atoms with Crippen molar-refractivity contribution in [2.75, 3.05) is 43.1 Å². The molecule has 53 heavy (non-hydrogen) atoms. The Labute approximate surface area is 323 Å². The van der Waals surface area contributed by atoms with Gasteiger partial charge in [0.2, 0.25) is 8.32 Å². The zero-order valence-electron chi connectivity index (χ0n) is 32.1. The average molecular weight is 782 g/mol. The van der Waals surface area contributed by atoms with Crippen LogP contribution in [-0.2, 0) is 5.41 Å². The second-order valence-corrected chi connectivity index (χ2v) is 21.5. The van der Waals surface area contributed by atoms with Crippen molar-refractivity contribution in [2.24, 2.45) is 0 Å². The number of anilines is 3. The highest BCUT2D eigenvalue weighted by atomic mass is 35.5. The zero-order valence-corrected chi connectivity index (χ0v) is 34.6. The van der Waals surface area contributed by atoms with Gasteiger partial charge in [-0.2, -0.15) is 5.10 Å². The average Bonchev–Trinajstić information content (AvgIpc) is 3.73. The number of urea groups is 2. The maximum Gasteiger partial charge on any atom is 0.324 e. The number of aromatic nitrogens is 3. The van der Waals surface area contributed by atoms with Gasteiger partial charge in [0.05, 0.1) is 22.1 Å². The van der Waals surface area contributed by atoms with Gasteiger partial charge in [0.25, 0.3) is 0 Å². The first-order valence-corrected chi connectivity index (χ1v) is 21.2. The van der Waals surface area contributed by atoms with Gasteiger partial charge in [-0.1, -0.05) is 64.7 Å². The van der Waals surface area contributed by atoms with E-state index in [0.29, 0.717) is 36.5 Å². The lowest BCUT2D eigenvalue weighted by Gasteiger charge is -2.36. The predicted octanol–water partition coefficient (Wildman–Crippen LogP) is 9.86. The number of nitrogens with zero attached hydrogens (tertiary/aromatic N) is 5. The molecule has 284 valence electrons. The van der Waals surface area contributed by atoms with E-state index >= 15 is 0 Å². The number of hydrogen-bond acceptors (Lipinski definition) is 7. The number of carbonyl (C=O) groups excluding carboxylic acids is 2. The second-order valence-electron chi connectivity index (χ2n) is 16.0. The molecule has 4 amide bonds. The van der Waals surface area contributed by atoms with Crippen LogP contribution in [0, 0.1) is 0 Å². The van der Waals surface area contributed by atoms with E-state index in [4.69, 9.17) is 37.5 Å². The van der Waals surface area contributed by atoms with Gasteiger partial charge in [-0.05, 0) is 81.1 Å².